The minimum absolute atomic E-state index is 0.0392. The lowest BCUT2D eigenvalue weighted by Crippen LogP contribution is -2.56. The second-order valence-corrected chi connectivity index (χ2v) is 16.3. The quantitative estimate of drug-likeness (QED) is 0.192. The molecule has 4 saturated heterocycles. The number of nitrogens with zero attached hydrogens (tertiary/aromatic N) is 4. The number of aromatic nitrogens is 2. The van der Waals surface area contributed by atoms with Crippen molar-refractivity contribution in [2.75, 3.05) is 40.4 Å². The first-order chi connectivity index (χ1) is 28.4. The minimum atomic E-state index is -1.09. The maximum atomic E-state index is 13.8. The van der Waals surface area contributed by atoms with Gasteiger partial charge in [-0.15, -0.1) is 0 Å². The number of Topliss-reactive ketones (excluding diaryl/α,β-unsaturated/α-hetero) is 2. The van der Waals surface area contributed by atoms with Gasteiger partial charge in [0.25, 0.3) is 11.8 Å². The number of methoxy groups -OCH3 is 2. The summed E-state index contributed by atoms with van der Waals surface area (Å²) in [4.78, 5) is 32.2. The van der Waals surface area contributed by atoms with E-state index < -0.39 is 11.2 Å². The van der Waals surface area contributed by atoms with Crippen LogP contribution >= 0.6 is 0 Å². The highest BCUT2D eigenvalue weighted by Crippen LogP contribution is 2.62. The molecule has 2 aromatic carbocycles. The van der Waals surface area contributed by atoms with Crippen LogP contribution in [0.15, 0.2) is 93.4 Å². The topological polar surface area (TPSA) is 148 Å². The van der Waals surface area contributed by atoms with Crippen LogP contribution in [0.4, 0.5) is 0 Å². The Balaban J connectivity index is 0.000000133. The van der Waals surface area contributed by atoms with Gasteiger partial charge in [-0.3, -0.25) is 19.4 Å². The van der Waals surface area contributed by atoms with Gasteiger partial charge < -0.3 is 37.5 Å². The van der Waals surface area contributed by atoms with Crippen LogP contribution in [0.25, 0.3) is 0 Å². The molecule has 12 rings (SSSR count). The van der Waals surface area contributed by atoms with Gasteiger partial charge in [0.1, 0.15) is 35.9 Å². The number of fused-ring (bicyclic) bond motifs is 4. The number of ketones is 2. The molecule has 0 amide bonds. The Hall–Kier alpha value is -5.28. The minimum Gasteiger partial charge on any atom is -0.498 e. The lowest BCUT2D eigenvalue weighted by Gasteiger charge is -2.47. The standard InChI is InChI=1S/2C22H22N2O5/c2*1-26-16-11-14-10-15-18(24-8-5-9-24)19-17(20(25)22(15,16)28-14)21(23-29-19)27-12-13-6-3-2-4-7-13/h2*2-4,6-7,11,14-15,18H,5,8-10,12H2,1H3/t14-,15?,18+,22+;14-,15?,18-,22+/m10/s1. The third-order valence-corrected chi connectivity index (χ3v) is 13.3. The Bertz CT molecular complexity index is 2150. The molecule has 58 heavy (non-hydrogen) atoms. The molecule has 0 N–H and O–H groups in total. The molecule has 14 heteroatoms. The predicted molar refractivity (Wildman–Crippen MR) is 203 cm³/mol. The van der Waals surface area contributed by atoms with Crippen molar-refractivity contribution in [3.8, 4) is 11.8 Å². The smallest absolute Gasteiger partial charge is 0.265 e. The molecule has 4 fully saturated rings. The Labute approximate surface area is 334 Å². The number of benzene rings is 2. The molecule has 2 aromatic heterocycles. The summed E-state index contributed by atoms with van der Waals surface area (Å²) in [6.45, 7) is 4.53. The highest BCUT2D eigenvalue weighted by Gasteiger charge is 2.70. The van der Waals surface area contributed by atoms with E-state index >= 15 is 0 Å². The number of ether oxygens (including phenoxy) is 6. The van der Waals surface area contributed by atoms with Gasteiger partial charge in [-0.2, -0.15) is 0 Å². The molecular weight excluding hydrogens is 745 g/mol. The van der Waals surface area contributed by atoms with E-state index in [0.29, 0.717) is 47.4 Å². The second-order valence-electron chi connectivity index (χ2n) is 16.3. The van der Waals surface area contributed by atoms with Crippen LogP contribution in [0.1, 0.15) is 81.1 Å². The van der Waals surface area contributed by atoms with Gasteiger partial charge in [0, 0.05) is 38.0 Å². The molecule has 2 spiro atoms. The SMILES string of the molecule is COC1=C[C@@H]2CC3[C@H](N4CCC4)c4onc(OCc5ccccc5)c4C(=O)[C@]13O2.COC1=C[C@H]2CC3[C@H](N4CCC4)c4onc(OCc5ccccc5)c4C(=O)[C@@]13O2. The summed E-state index contributed by atoms with van der Waals surface area (Å²) in [6.07, 6.45) is 7.50. The second kappa shape index (κ2) is 13.7. The van der Waals surface area contributed by atoms with Gasteiger partial charge in [-0.25, -0.2) is 0 Å². The maximum absolute atomic E-state index is 13.8. The molecule has 8 aliphatic rings. The van der Waals surface area contributed by atoms with Crippen molar-refractivity contribution in [3.63, 3.8) is 0 Å². The van der Waals surface area contributed by atoms with Gasteiger partial charge in [-0.05, 0) is 59.3 Å². The van der Waals surface area contributed by atoms with E-state index in [1.165, 1.54) is 0 Å². The number of carbonyl (C=O) groups excluding carboxylic acids is 2. The first-order valence-corrected chi connectivity index (χ1v) is 20.2. The molecular formula is C44H44N4O10. The van der Waals surface area contributed by atoms with E-state index in [4.69, 9.17) is 37.5 Å². The van der Waals surface area contributed by atoms with Crippen LogP contribution in [0.2, 0.25) is 0 Å². The maximum Gasteiger partial charge on any atom is 0.265 e. The van der Waals surface area contributed by atoms with E-state index in [1.807, 2.05) is 72.8 Å². The average Bonchev–Trinajstić information content (AvgIpc) is 4.08. The summed E-state index contributed by atoms with van der Waals surface area (Å²) in [5.41, 5.74) is 0.613. The molecule has 0 radical (unpaired) electrons. The van der Waals surface area contributed by atoms with Gasteiger partial charge in [0.2, 0.25) is 11.6 Å². The molecule has 2 unspecified atom stereocenters. The van der Waals surface area contributed by atoms with Crippen molar-refractivity contribution in [1.82, 2.24) is 20.1 Å². The zero-order chi connectivity index (χ0) is 39.2. The molecule has 8 atom stereocenters. The third kappa shape index (κ3) is 5.10. The van der Waals surface area contributed by atoms with E-state index in [0.717, 1.165) is 63.0 Å². The van der Waals surface area contributed by atoms with Gasteiger partial charge in [0.15, 0.2) is 22.7 Å². The van der Waals surface area contributed by atoms with E-state index in [-0.39, 0.29) is 59.5 Å². The summed E-state index contributed by atoms with van der Waals surface area (Å²) >= 11 is 0. The van der Waals surface area contributed by atoms with E-state index in [9.17, 15) is 9.59 Å². The Morgan fingerprint density at radius 2 is 1.05 bits per heavy atom. The largest absolute Gasteiger partial charge is 0.498 e. The van der Waals surface area contributed by atoms with Crippen LogP contribution < -0.4 is 9.47 Å². The highest BCUT2D eigenvalue weighted by molar-refractivity contribution is 6.10. The lowest BCUT2D eigenvalue weighted by atomic mass is 9.67. The number of carbonyl (C=O) groups is 2. The van der Waals surface area contributed by atoms with Crippen LogP contribution in [-0.2, 0) is 32.2 Å². The molecule has 8 heterocycles. The lowest BCUT2D eigenvalue weighted by molar-refractivity contribution is -0.0459. The molecule has 14 nitrogen and oxygen atoms in total. The van der Waals surface area contributed by atoms with Gasteiger partial charge in [0.05, 0.1) is 38.5 Å². The first kappa shape index (κ1) is 35.8. The molecule has 6 aliphatic heterocycles. The van der Waals surface area contributed by atoms with Gasteiger partial charge >= 0.3 is 0 Å². The van der Waals surface area contributed by atoms with Crippen molar-refractivity contribution in [3.05, 3.63) is 118 Å². The summed E-state index contributed by atoms with van der Waals surface area (Å²) in [7, 11) is 3.20. The Morgan fingerprint density at radius 1 is 0.638 bits per heavy atom. The Kier molecular flexibility index (Phi) is 8.44. The number of hydrogen-bond acceptors (Lipinski definition) is 14. The van der Waals surface area contributed by atoms with Crippen LogP contribution in [0, 0.1) is 11.8 Å². The number of hydrogen-bond donors (Lipinski definition) is 0. The average molecular weight is 789 g/mol. The molecule has 4 aromatic rings. The fourth-order valence-electron chi connectivity index (χ4n) is 10.5. The predicted octanol–water partition coefficient (Wildman–Crippen LogP) is 5.77. The molecule has 2 aliphatic carbocycles. The van der Waals surface area contributed by atoms with E-state index in [2.05, 4.69) is 20.1 Å². The fourth-order valence-corrected chi connectivity index (χ4v) is 10.5. The fraction of sp³-hybridized carbons (Fsp3) is 0.455. The number of likely N-dealkylation sites (tertiary alicyclic amines) is 2. The van der Waals surface area contributed by atoms with Gasteiger partial charge in [-0.1, -0.05) is 60.7 Å². The molecule has 0 saturated carbocycles. The first-order valence-electron chi connectivity index (χ1n) is 20.2. The van der Waals surface area contributed by atoms with Crippen molar-refractivity contribution >= 4 is 11.6 Å². The third-order valence-electron chi connectivity index (χ3n) is 13.3. The summed E-state index contributed by atoms with van der Waals surface area (Å²) in [5.74, 6) is 2.51. The van der Waals surface area contributed by atoms with Crippen molar-refractivity contribution in [2.24, 2.45) is 11.8 Å². The highest BCUT2D eigenvalue weighted by atomic mass is 16.6. The van der Waals surface area contributed by atoms with Crippen molar-refractivity contribution in [2.45, 2.75) is 74.4 Å². The zero-order valence-corrected chi connectivity index (χ0v) is 32.3. The van der Waals surface area contributed by atoms with Crippen molar-refractivity contribution in [1.29, 1.82) is 0 Å². The van der Waals surface area contributed by atoms with Crippen molar-refractivity contribution < 1.29 is 47.1 Å². The van der Waals surface area contributed by atoms with E-state index in [1.54, 1.807) is 14.2 Å². The zero-order valence-electron chi connectivity index (χ0n) is 32.3. The van der Waals surface area contributed by atoms with Crippen LogP contribution in [0.5, 0.6) is 11.8 Å². The molecule has 300 valence electrons. The number of rotatable bonds is 10. The summed E-state index contributed by atoms with van der Waals surface area (Å²) in [5, 5.41) is 8.30. The summed E-state index contributed by atoms with van der Waals surface area (Å²) in [6, 6.07) is 19.5. The summed E-state index contributed by atoms with van der Waals surface area (Å²) < 4.78 is 47.1. The van der Waals surface area contributed by atoms with Crippen LogP contribution in [-0.4, -0.2) is 95.5 Å². The monoisotopic (exact) mass is 788 g/mol. The van der Waals surface area contributed by atoms with Crippen LogP contribution in [0.3, 0.4) is 0 Å². The molecule has 4 bridgehead atoms. The Morgan fingerprint density at radius 3 is 1.41 bits per heavy atom. The normalized spacial score (nSPS) is 32.4.